The number of benzene rings is 1. The molecule has 1 aromatic rings. The van der Waals surface area contributed by atoms with Crippen molar-refractivity contribution in [2.24, 2.45) is 0 Å². The third-order valence-electron chi connectivity index (χ3n) is 1.78. The number of aryl methyl sites for hydroxylation is 2. The molecule has 0 fully saturated rings. The Bertz CT molecular complexity index is 332. The highest BCUT2D eigenvalue weighted by atomic mass is 35.5. The van der Waals surface area contributed by atoms with Crippen LogP contribution in [0.4, 0.5) is 0 Å². The van der Waals surface area contributed by atoms with Crippen LogP contribution in [0.5, 0.6) is 5.75 Å². The highest BCUT2D eigenvalue weighted by molar-refractivity contribution is 6.35. The van der Waals surface area contributed by atoms with Crippen molar-refractivity contribution in [3.05, 3.63) is 40.1 Å². The molecule has 0 radical (unpaired) electrons. The number of hydrogen-bond donors (Lipinski definition) is 0. The Kier molecular flexibility index (Phi) is 3.64. The van der Waals surface area contributed by atoms with Crippen molar-refractivity contribution in [3.8, 4) is 5.75 Å². The molecule has 0 N–H and O–H groups in total. The Hall–Kier alpha value is -0.660. The van der Waals surface area contributed by atoms with Crippen LogP contribution < -0.4 is 4.74 Å². The highest BCUT2D eigenvalue weighted by Crippen LogP contribution is 2.20. The molecular weight excluding hydrogens is 207 g/mol. The summed E-state index contributed by atoms with van der Waals surface area (Å²) in [5.41, 5.74) is 3.58. The fourth-order valence-electron chi connectivity index (χ4n) is 0.912. The first-order chi connectivity index (χ1) is 6.13. The van der Waals surface area contributed by atoms with E-state index in [9.17, 15) is 0 Å². The van der Waals surface area contributed by atoms with E-state index in [1.54, 1.807) is 0 Å². The quantitative estimate of drug-likeness (QED) is 0.681. The molecule has 0 aliphatic rings. The fourth-order valence-corrected chi connectivity index (χ4v) is 1.05. The molecule has 0 saturated carbocycles. The van der Waals surface area contributed by atoms with Crippen molar-refractivity contribution < 1.29 is 4.74 Å². The van der Waals surface area contributed by atoms with Gasteiger partial charge in [-0.1, -0.05) is 17.7 Å². The maximum Gasteiger partial charge on any atom is 0.205 e. The third kappa shape index (κ3) is 2.94. The number of halogens is 2. The molecule has 1 nitrogen and oxygen atoms in total. The molecule has 0 atom stereocenters. The molecule has 0 aromatic heterocycles. The molecule has 1 rings (SSSR count). The van der Waals surface area contributed by atoms with E-state index in [4.69, 9.17) is 27.9 Å². The summed E-state index contributed by atoms with van der Waals surface area (Å²) in [5.74, 6) is 0.699. The predicted molar refractivity (Wildman–Crippen MR) is 56.3 cm³/mol. The van der Waals surface area contributed by atoms with Gasteiger partial charge in [-0.15, -0.1) is 0 Å². The van der Waals surface area contributed by atoms with Crippen LogP contribution in [-0.2, 0) is 0 Å². The summed E-state index contributed by atoms with van der Waals surface area (Å²) in [6.45, 7) is 4.05. The molecular formula is C10H10Cl2O. The lowest BCUT2D eigenvalue weighted by Gasteiger charge is -2.05. The fraction of sp³-hybridized carbons (Fsp3) is 0.200. The average molecular weight is 217 g/mol. The van der Waals surface area contributed by atoms with Gasteiger partial charge < -0.3 is 4.74 Å². The molecule has 0 saturated heterocycles. The Morgan fingerprint density at radius 3 is 2.54 bits per heavy atom. The lowest BCUT2D eigenvalue weighted by Crippen LogP contribution is -1.89. The van der Waals surface area contributed by atoms with Crippen LogP contribution in [0.25, 0.3) is 0 Å². The predicted octanol–water partition coefficient (Wildman–Crippen LogP) is 3.96. The molecule has 0 unspecified atom stereocenters. The second kappa shape index (κ2) is 4.54. The summed E-state index contributed by atoms with van der Waals surface area (Å²) in [4.78, 5) is 0. The molecule has 13 heavy (non-hydrogen) atoms. The molecule has 70 valence electrons. The van der Waals surface area contributed by atoms with E-state index in [0.29, 0.717) is 5.75 Å². The van der Waals surface area contributed by atoms with Crippen LogP contribution in [0.1, 0.15) is 11.1 Å². The molecule has 0 spiro atoms. The van der Waals surface area contributed by atoms with Crippen LogP contribution >= 0.6 is 23.2 Å². The largest absolute Gasteiger partial charge is 0.444 e. The van der Waals surface area contributed by atoms with Crippen LogP contribution in [0.2, 0.25) is 0 Å². The van der Waals surface area contributed by atoms with Gasteiger partial charge in [0.05, 0.1) is 5.54 Å². The van der Waals surface area contributed by atoms with Gasteiger partial charge in [0.1, 0.15) is 5.75 Å². The zero-order chi connectivity index (χ0) is 9.84. The van der Waals surface area contributed by atoms with E-state index in [-0.39, 0.29) is 5.22 Å². The van der Waals surface area contributed by atoms with Gasteiger partial charge >= 0.3 is 0 Å². The van der Waals surface area contributed by atoms with Crippen LogP contribution in [0.15, 0.2) is 29.0 Å². The van der Waals surface area contributed by atoms with Crippen LogP contribution in [0.3, 0.4) is 0 Å². The summed E-state index contributed by atoms with van der Waals surface area (Å²) < 4.78 is 5.19. The lowest BCUT2D eigenvalue weighted by atomic mass is 10.1. The van der Waals surface area contributed by atoms with Gasteiger partial charge in [-0.25, -0.2) is 0 Å². The van der Waals surface area contributed by atoms with E-state index >= 15 is 0 Å². The highest BCUT2D eigenvalue weighted by Gasteiger charge is 1.98. The Morgan fingerprint density at radius 2 is 2.00 bits per heavy atom. The summed E-state index contributed by atoms with van der Waals surface area (Å²) in [6, 6.07) is 5.74. The Balaban J connectivity index is 2.86. The average Bonchev–Trinajstić information content (AvgIpc) is 2.11. The van der Waals surface area contributed by atoms with E-state index in [0.717, 1.165) is 5.56 Å². The topological polar surface area (TPSA) is 9.23 Å². The second-order valence-electron chi connectivity index (χ2n) is 2.76. The van der Waals surface area contributed by atoms with E-state index in [2.05, 4.69) is 0 Å². The summed E-state index contributed by atoms with van der Waals surface area (Å²) in [6.07, 6.45) is 0. The summed E-state index contributed by atoms with van der Waals surface area (Å²) in [7, 11) is 0. The molecule has 0 heterocycles. The van der Waals surface area contributed by atoms with E-state index < -0.39 is 0 Å². The monoisotopic (exact) mass is 216 g/mol. The minimum Gasteiger partial charge on any atom is -0.444 e. The second-order valence-corrected chi connectivity index (χ2v) is 3.35. The minimum absolute atomic E-state index is 0.171. The smallest absolute Gasteiger partial charge is 0.205 e. The van der Waals surface area contributed by atoms with E-state index in [1.165, 1.54) is 11.1 Å². The first-order valence-corrected chi connectivity index (χ1v) is 4.66. The lowest BCUT2D eigenvalue weighted by molar-refractivity contribution is 0.463. The summed E-state index contributed by atoms with van der Waals surface area (Å²) >= 11 is 11.0. The van der Waals surface area contributed by atoms with Gasteiger partial charge in [0.25, 0.3) is 0 Å². The van der Waals surface area contributed by atoms with Gasteiger partial charge in [-0.3, -0.25) is 0 Å². The number of hydrogen-bond acceptors (Lipinski definition) is 1. The van der Waals surface area contributed by atoms with Gasteiger partial charge in [0.2, 0.25) is 5.22 Å². The maximum atomic E-state index is 5.60. The van der Waals surface area contributed by atoms with Gasteiger partial charge in [-0.05, 0) is 48.7 Å². The Labute approximate surface area is 87.9 Å². The molecule has 1 aromatic carbocycles. The van der Waals surface area contributed by atoms with Crippen molar-refractivity contribution in [1.82, 2.24) is 0 Å². The standard InChI is InChI=1S/C10H10Cl2O/c1-7-3-4-9(5-8(7)2)13-10(12)6-11/h3-6H,1-2H3/b10-6-. The SMILES string of the molecule is Cc1ccc(O/C(Cl)=C\Cl)cc1C. The van der Waals surface area contributed by atoms with Crippen molar-refractivity contribution >= 4 is 23.2 Å². The third-order valence-corrected chi connectivity index (χ3v) is 2.28. The zero-order valence-electron chi connectivity index (χ0n) is 7.47. The molecule has 0 amide bonds. The van der Waals surface area contributed by atoms with Crippen molar-refractivity contribution in [3.63, 3.8) is 0 Å². The minimum atomic E-state index is 0.171. The first kappa shape index (κ1) is 10.4. The molecule has 0 aliphatic heterocycles. The molecule has 0 bridgehead atoms. The molecule has 3 heteroatoms. The van der Waals surface area contributed by atoms with Crippen molar-refractivity contribution in [1.29, 1.82) is 0 Å². The van der Waals surface area contributed by atoms with E-state index in [1.807, 2.05) is 32.0 Å². The van der Waals surface area contributed by atoms with Gasteiger partial charge in [0, 0.05) is 0 Å². The maximum absolute atomic E-state index is 5.60. The number of rotatable bonds is 2. The van der Waals surface area contributed by atoms with Crippen LogP contribution in [-0.4, -0.2) is 0 Å². The normalized spacial score (nSPS) is 11.5. The van der Waals surface area contributed by atoms with Crippen molar-refractivity contribution in [2.75, 3.05) is 0 Å². The zero-order valence-corrected chi connectivity index (χ0v) is 8.99. The number of ether oxygens (including phenoxy) is 1. The van der Waals surface area contributed by atoms with Gasteiger partial charge in [-0.2, -0.15) is 0 Å². The Morgan fingerprint density at radius 1 is 1.31 bits per heavy atom. The van der Waals surface area contributed by atoms with Crippen molar-refractivity contribution in [2.45, 2.75) is 13.8 Å². The first-order valence-electron chi connectivity index (χ1n) is 3.84. The van der Waals surface area contributed by atoms with Crippen LogP contribution in [0, 0.1) is 13.8 Å². The summed E-state index contributed by atoms with van der Waals surface area (Å²) in [5, 5.41) is 0.171. The molecule has 0 aliphatic carbocycles. The van der Waals surface area contributed by atoms with Gasteiger partial charge in [0.15, 0.2) is 0 Å².